The van der Waals surface area contributed by atoms with Gasteiger partial charge in [-0.2, -0.15) is 5.26 Å². The molecule has 18 heavy (non-hydrogen) atoms. The number of nitrogens with one attached hydrogen (secondary N) is 1. The van der Waals surface area contributed by atoms with Gasteiger partial charge in [-0.1, -0.05) is 38.8 Å². The van der Waals surface area contributed by atoms with Gasteiger partial charge in [0, 0.05) is 6.54 Å². The highest BCUT2D eigenvalue weighted by Gasteiger charge is 2.08. The Kier molecular flexibility index (Phi) is 6.42. The Bertz CT molecular complexity index is 376. The fraction of sp³-hybridized carbons (Fsp3) is 0.533. The first-order chi connectivity index (χ1) is 8.71. The highest BCUT2D eigenvalue weighted by molar-refractivity contribution is 5.32. The van der Waals surface area contributed by atoms with Crippen molar-refractivity contribution in [3.63, 3.8) is 0 Å². The van der Waals surface area contributed by atoms with Crippen LogP contribution in [0.25, 0.3) is 0 Å². The van der Waals surface area contributed by atoms with Crippen molar-refractivity contribution in [2.75, 3.05) is 13.1 Å². The minimum absolute atomic E-state index is 0.507. The minimum atomic E-state index is -0.507. The van der Waals surface area contributed by atoms with E-state index < -0.39 is 6.10 Å². The zero-order valence-electron chi connectivity index (χ0n) is 11.2. The highest BCUT2D eigenvalue weighted by Crippen LogP contribution is 2.13. The maximum absolute atomic E-state index is 10.00. The smallest absolute Gasteiger partial charge is 0.0991 e. The SMILES string of the molecule is CCC(CC)CNCC(O)c1ccc(C#N)cc1. The molecule has 0 spiro atoms. The van der Waals surface area contributed by atoms with Crippen molar-refractivity contribution in [3.8, 4) is 6.07 Å². The summed E-state index contributed by atoms with van der Waals surface area (Å²) >= 11 is 0. The summed E-state index contributed by atoms with van der Waals surface area (Å²) < 4.78 is 0. The molecule has 0 fully saturated rings. The molecule has 98 valence electrons. The number of benzene rings is 1. The van der Waals surface area contributed by atoms with Crippen molar-refractivity contribution >= 4 is 0 Å². The summed E-state index contributed by atoms with van der Waals surface area (Å²) in [6.07, 6.45) is 1.82. The van der Waals surface area contributed by atoms with Crippen LogP contribution in [0.15, 0.2) is 24.3 Å². The third-order valence-electron chi connectivity index (χ3n) is 3.35. The van der Waals surface area contributed by atoms with Crippen molar-refractivity contribution < 1.29 is 5.11 Å². The van der Waals surface area contributed by atoms with Crippen LogP contribution in [0.5, 0.6) is 0 Å². The standard InChI is InChI=1S/C15H22N2O/c1-3-12(4-2)10-17-11-15(18)14-7-5-13(9-16)6-8-14/h5-8,12,15,17-18H,3-4,10-11H2,1-2H3. The van der Waals surface area contributed by atoms with E-state index in [0.717, 1.165) is 24.9 Å². The average Bonchev–Trinajstić information content (AvgIpc) is 2.43. The second-order valence-corrected chi connectivity index (χ2v) is 4.59. The predicted molar refractivity (Wildman–Crippen MR) is 73.1 cm³/mol. The Hall–Kier alpha value is -1.37. The number of rotatable bonds is 7. The summed E-state index contributed by atoms with van der Waals surface area (Å²) in [7, 11) is 0. The van der Waals surface area contributed by atoms with Crippen molar-refractivity contribution in [1.29, 1.82) is 5.26 Å². The first-order valence-corrected chi connectivity index (χ1v) is 6.60. The maximum Gasteiger partial charge on any atom is 0.0991 e. The van der Waals surface area contributed by atoms with Crippen LogP contribution in [0.2, 0.25) is 0 Å². The van der Waals surface area contributed by atoms with E-state index in [-0.39, 0.29) is 0 Å². The van der Waals surface area contributed by atoms with Crippen LogP contribution in [0.4, 0.5) is 0 Å². The second-order valence-electron chi connectivity index (χ2n) is 4.59. The minimum Gasteiger partial charge on any atom is -0.387 e. The summed E-state index contributed by atoms with van der Waals surface area (Å²) in [5.41, 5.74) is 1.47. The van der Waals surface area contributed by atoms with E-state index in [4.69, 9.17) is 5.26 Å². The lowest BCUT2D eigenvalue weighted by molar-refractivity contribution is 0.172. The number of aliphatic hydroxyl groups excluding tert-OH is 1. The molecule has 3 nitrogen and oxygen atoms in total. The van der Waals surface area contributed by atoms with Gasteiger partial charge in [-0.3, -0.25) is 0 Å². The van der Waals surface area contributed by atoms with E-state index in [1.807, 2.05) is 12.1 Å². The number of nitriles is 1. The van der Waals surface area contributed by atoms with Gasteiger partial charge in [0.25, 0.3) is 0 Å². The van der Waals surface area contributed by atoms with E-state index in [0.29, 0.717) is 18.0 Å². The Balaban J connectivity index is 2.40. The Labute approximate surface area is 109 Å². The molecule has 0 heterocycles. The van der Waals surface area contributed by atoms with Gasteiger partial charge in [0.15, 0.2) is 0 Å². The number of hydrogen-bond donors (Lipinski definition) is 2. The van der Waals surface area contributed by atoms with E-state index >= 15 is 0 Å². The fourth-order valence-corrected chi connectivity index (χ4v) is 1.90. The van der Waals surface area contributed by atoms with Crippen LogP contribution < -0.4 is 5.32 Å². The second kappa shape index (κ2) is 7.86. The molecule has 2 N–H and O–H groups in total. The maximum atomic E-state index is 10.00. The van der Waals surface area contributed by atoms with Crippen molar-refractivity contribution in [2.24, 2.45) is 5.92 Å². The number of hydrogen-bond acceptors (Lipinski definition) is 3. The molecule has 1 aromatic carbocycles. The molecule has 1 rings (SSSR count). The van der Waals surface area contributed by atoms with Gasteiger partial charge in [-0.05, 0) is 30.2 Å². The molecule has 0 aromatic heterocycles. The lowest BCUT2D eigenvalue weighted by Gasteiger charge is -2.16. The zero-order valence-corrected chi connectivity index (χ0v) is 11.2. The molecule has 0 saturated heterocycles. The van der Waals surface area contributed by atoms with E-state index in [9.17, 15) is 5.11 Å². The summed E-state index contributed by atoms with van der Waals surface area (Å²) in [6.45, 7) is 5.88. The molecule has 1 atom stereocenters. The van der Waals surface area contributed by atoms with Crippen LogP contribution in [-0.4, -0.2) is 18.2 Å². The third kappa shape index (κ3) is 4.48. The topological polar surface area (TPSA) is 56.0 Å². The van der Waals surface area contributed by atoms with Crippen LogP contribution in [0.1, 0.15) is 43.9 Å². The van der Waals surface area contributed by atoms with Gasteiger partial charge in [-0.25, -0.2) is 0 Å². The van der Waals surface area contributed by atoms with Crippen LogP contribution >= 0.6 is 0 Å². The lowest BCUT2D eigenvalue weighted by atomic mass is 10.0. The fourth-order valence-electron chi connectivity index (χ4n) is 1.90. The summed E-state index contributed by atoms with van der Waals surface area (Å²) in [6, 6.07) is 9.16. The quantitative estimate of drug-likeness (QED) is 0.777. The largest absolute Gasteiger partial charge is 0.387 e. The van der Waals surface area contributed by atoms with Gasteiger partial charge in [-0.15, -0.1) is 0 Å². The van der Waals surface area contributed by atoms with Crippen molar-refractivity contribution in [2.45, 2.75) is 32.8 Å². The monoisotopic (exact) mass is 246 g/mol. The predicted octanol–water partition coefficient (Wildman–Crippen LogP) is 2.62. The highest BCUT2D eigenvalue weighted by atomic mass is 16.3. The van der Waals surface area contributed by atoms with Gasteiger partial charge in [0.1, 0.15) is 0 Å². The van der Waals surface area contributed by atoms with E-state index in [2.05, 4.69) is 25.2 Å². The number of aliphatic hydroxyl groups is 1. The van der Waals surface area contributed by atoms with Gasteiger partial charge in [0.05, 0.1) is 17.7 Å². The summed E-state index contributed by atoms with van der Waals surface area (Å²) in [4.78, 5) is 0. The Morgan fingerprint density at radius 1 is 1.17 bits per heavy atom. The molecule has 1 aromatic rings. The van der Waals surface area contributed by atoms with Crippen molar-refractivity contribution in [3.05, 3.63) is 35.4 Å². The van der Waals surface area contributed by atoms with Gasteiger partial charge < -0.3 is 10.4 Å². The molecular weight excluding hydrogens is 224 g/mol. The molecule has 3 heteroatoms. The van der Waals surface area contributed by atoms with Gasteiger partial charge >= 0.3 is 0 Å². The molecule has 0 aliphatic carbocycles. The molecular formula is C15H22N2O. The third-order valence-corrected chi connectivity index (χ3v) is 3.35. The lowest BCUT2D eigenvalue weighted by Crippen LogP contribution is -2.27. The molecule has 0 radical (unpaired) electrons. The Morgan fingerprint density at radius 3 is 2.28 bits per heavy atom. The summed E-state index contributed by atoms with van der Waals surface area (Å²) in [5.74, 6) is 0.679. The molecule has 0 saturated carbocycles. The Morgan fingerprint density at radius 2 is 1.78 bits per heavy atom. The first kappa shape index (κ1) is 14.7. The van der Waals surface area contributed by atoms with Crippen molar-refractivity contribution in [1.82, 2.24) is 5.32 Å². The van der Waals surface area contributed by atoms with Crippen LogP contribution in [-0.2, 0) is 0 Å². The first-order valence-electron chi connectivity index (χ1n) is 6.60. The normalized spacial score (nSPS) is 12.4. The molecule has 0 amide bonds. The molecule has 0 bridgehead atoms. The molecule has 0 aliphatic rings. The van der Waals surface area contributed by atoms with Gasteiger partial charge in [0.2, 0.25) is 0 Å². The number of nitrogens with zero attached hydrogens (tertiary/aromatic N) is 1. The van der Waals surface area contributed by atoms with Crippen LogP contribution in [0.3, 0.4) is 0 Å². The van der Waals surface area contributed by atoms with Crippen LogP contribution in [0, 0.1) is 17.2 Å². The van der Waals surface area contributed by atoms with E-state index in [1.54, 1.807) is 12.1 Å². The van der Waals surface area contributed by atoms with E-state index in [1.165, 1.54) is 0 Å². The summed E-state index contributed by atoms with van der Waals surface area (Å²) in [5, 5.41) is 22.0. The molecule has 0 aliphatic heterocycles. The molecule has 1 unspecified atom stereocenters. The average molecular weight is 246 g/mol. The zero-order chi connectivity index (χ0) is 13.4.